The molecule has 4 aromatic rings. The second-order valence-corrected chi connectivity index (χ2v) is 22.4. The van der Waals surface area contributed by atoms with Gasteiger partial charge in [-0.1, -0.05) is 68.8 Å². The van der Waals surface area contributed by atoms with Crippen LogP contribution in [0.25, 0.3) is 10.9 Å². The standard InChI is InChI=1S/C42H56ClF3N4O8SSi/c1-10-60(11-2,12-3)58-36(30-18-21-33(43)35(24-30)49(59(53)54)28-37(51)56-40(4,5)6)27-48(26-29-16-14-13-15-17-29)22-23-55-31-19-20-32-34(25-31)50(39(52)57-41(7,8)9)47-38(32)42(44,45)46/h13-21,24-25,36H,10-12,22-23,26-28H2,1-9H3,(H,53,54). The smallest absolute Gasteiger partial charge is 0.435 e. The fourth-order valence-electron chi connectivity index (χ4n) is 6.59. The van der Waals surface area contributed by atoms with E-state index in [1.165, 1.54) is 18.2 Å². The summed E-state index contributed by atoms with van der Waals surface area (Å²) in [5, 5.41) is 3.46. The largest absolute Gasteiger partial charge is 0.492 e. The van der Waals surface area contributed by atoms with Crippen molar-refractivity contribution in [1.82, 2.24) is 14.7 Å². The lowest BCUT2D eigenvalue weighted by atomic mass is 10.1. The molecule has 330 valence electrons. The lowest BCUT2D eigenvalue weighted by molar-refractivity contribution is -0.152. The maximum Gasteiger partial charge on any atom is 0.435 e. The maximum atomic E-state index is 14.0. The summed E-state index contributed by atoms with van der Waals surface area (Å²) in [7, 11) is -2.32. The van der Waals surface area contributed by atoms with Crippen LogP contribution in [0.2, 0.25) is 23.2 Å². The van der Waals surface area contributed by atoms with Gasteiger partial charge < -0.3 is 18.6 Å². The predicted molar refractivity (Wildman–Crippen MR) is 230 cm³/mol. The highest BCUT2D eigenvalue weighted by Crippen LogP contribution is 2.37. The van der Waals surface area contributed by atoms with Gasteiger partial charge in [-0.3, -0.25) is 18.6 Å². The minimum absolute atomic E-state index is 0.0920. The molecule has 1 aromatic heterocycles. The van der Waals surface area contributed by atoms with Crippen LogP contribution in [0.1, 0.15) is 85.2 Å². The molecule has 0 saturated carbocycles. The Hall–Kier alpha value is -4.00. The average molecular weight is 898 g/mol. The molecule has 60 heavy (non-hydrogen) atoms. The zero-order valence-electron chi connectivity index (χ0n) is 35.6. The first-order valence-corrected chi connectivity index (χ1v) is 23.7. The lowest BCUT2D eigenvalue weighted by Gasteiger charge is -2.36. The number of fused-ring (bicyclic) bond motifs is 1. The highest BCUT2D eigenvalue weighted by molar-refractivity contribution is 7.80. The van der Waals surface area contributed by atoms with Crippen LogP contribution in [-0.2, 0) is 42.7 Å². The summed E-state index contributed by atoms with van der Waals surface area (Å²) in [5.74, 6) is -0.496. The Bertz CT molecular complexity index is 2100. The number of carbonyl (C=O) groups excluding carboxylic acids is 2. The van der Waals surface area contributed by atoms with Gasteiger partial charge in [-0.05, 0) is 95.1 Å². The Morgan fingerprint density at radius 2 is 1.55 bits per heavy atom. The summed E-state index contributed by atoms with van der Waals surface area (Å²) in [4.78, 5) is 28.0. The quantitative estimate of drug-likeness (QED) is 0.0585. The summed E-state index contributed by atoms with van der Waals surface area (Å²) in [6.07, 6.45) is -6.45. The van der Waals surface area contributed by atoms with Crippen molar-refractivity contribution >= 4 is 59.8 Å². The fraction of sp³-hybridized carbons (Fsp3) is 0.500. The van der Waals surface area contributed by atoms with E-state index in [2.05, 4.69) is 30.8 Å². The molecule has 0 fully saturated rings. The highest BCUT2D eigenvalue weighted by atomic mass is 35.5. The van der Waals surface area contributed by atoms with Gasteiger partial charge in [0.2, 0.25) is 0 Å². The van der Waals surface area contributed by atoms with Crippen LogP contribution < -0.4 is 9.04 Å². The van der Waals surface area contributed by atoms with Crippen LogP contribution in [0.3, 0.4) is 0 Å². The number of halogens is 4. The minimum Gasteiger partial charge on any atom is -0.492 e. The molecule has 0 bridgehead atoms. The SMILES string of the molecule is CC[Si](CC)(CC)OC(CN(CCOc1ccc2c(C(F)(F)F)nn(C(=O)OC(C)(C)C)c2c1)Cc1ccccc1)c1ccc(Cl)c(N(CC(=O)OC(C)(C)C)S(=O)O)c1. The topological polar surface area (TPSA) is 133 Å². The van der Waals surface area contributed by atoms with Crippen molar-refractivity contribution in [2.75, 3.05) is 30.5 Å². The molecular formula is C42H56ClF3N4O8SSi. The van der Waals surface area contributed by atoms with Crippen molar-refractivity contribution in [3.63, 3.8) is 0 Å². The number of nitrogens with zero attached hydrogens (tertiary/aromatic N) is 4. The third kappa shape index (κ3) is 13.5. The van der Waals surface area contributed by atoms with Gasteiger partial charge in [-0.25, -0.2) is 9.00 Å². The van der Waals surface area contributed by atoms with Crippen LogP contribution >= 0.6 is 11.6 Å². The Morgan fingerprint density at radius 1 is 0.917 bits per heavy atom. The molecule has 1 N–H and O–H groups in total. The lowest BCUT2D eigenvalue weighted by Crippen LogP contribution is -2.41. The van der Waals surface area contributed by atoms with Gasteiger partial charge in [0.25, 0.3) is 11.3 Å². The highest BCUT2D eigenvalue weighted by Gasteiger charge is 2.39. The van der Waals surface area contributed by atoms with Crippen molar-refractivity contribution in [3.8, 4) is 5.75 Å². The van der Waals surface area contributed by atoms with E-state index in [1.807, 2.05) is 30.3 Å². The molecule has 0 spiro atoms. The minimum atomic E-state index is -4.82. The number of esters is 1. The van der Waals surface area contributed by atoms with Crippen molar-refractivity contribution < 1.29 is 50.2 Å². The Kier molecular flexibility index (Phi) is 16.4. The van der Waals surface area contributed by atoms with Gasteiger partial charge >= 0.3 is 18.2 Å². The second-order valence-electron chi connectivity index (χ2n) is 16.4. The second kappa shape index (κ2) is 20.2. The van der Waals surface area contributed by atoms with E-state index in [0.29, 0.717) is 29.9 Å². The van der Waals surface area contributed by atoms with E-state index in [4.69, 9.17) is 30.2 Å². The van der Waals surface area contributed by atoms with Crippen molar-refractivity contribution in [2.24, 2.45) is 0 Å². The van der Waals surface area contributed by atoms with E-state index >= 15 is 0 Å². The molecule has 0 aliphatic rings. The van der Waals surface area contributed by atoms with Crippen molar-refractivity contribution in [3.05, 3.63) is 88.6 Å². The molecule has 0 saturated heterocycles. The fourth-order valence-corrected chi connectivity index (χ4v) is 10.2. The van der Waals surface area contributed by atoms with Crippen LogP contribution in [-0.4, -0.2) is 81.3 Å². The molecule has 12 nitrogen and oxygen atoms in total. The third-order valence-corrected chi connectivity index (χ3v) is 15.3. The van der Waals surface area contributed by atoms with Gasteiger partial charge in [-0.2, -0.15) is 23.0 Å². The zero-order chi connectivity index (χ0) is 44.6. The summed E-state index contributed by atoms with van der Waals surface area (Å²) in [6, 6.07) is 21.3. The first kappa shape index (κ1) is 48.7. The first-order chi connectivity index (χ1) is 28.0. The number of benzene rings is 3. The van der Waals surface area contributed by atoms with Crippen LogP contribution in [0, 0.1) is 0 Å². The molecule has 1 heterocycles. The Morgan fingerprint density at radius 3 is 2.12 bits per heavy atom. The summed E-state index contributed by atoms with van der Waals surface area (Å²) >= 11 is 4.00. The number of rotatable bonds is 18. The molecule has 2 atom stereocenters. The maximum absolute atomic E-state index is 14.0. The normalized spacial score (nSPS) is 13.7. The van der Waals surface area contributed by atoms with Gasteiger partial charge in [-0.15, -0.1) is 0 Å². The van der Waals surface area contributed by atoms with E-state index in [-0.39, 0.29) is 34.0 Å². The van der Waals surface area contributed by atoms with E-state index in [0.717, 1.165) is 28.0 Å². The van der Waals surface area contributed by atoms with Crippen molar-refractivity contribution in [1.29, 1.82) is 0 Å². The van der Waals surface area contributed by atoms with Gasteiger partial charge in [0.15, 0.2) is 14.0 Å². The number of carbonyl (C=O) groups is 2. The van der Waals surface area contributed by atoms with E-state index in [1.54, 1.807) is 59.7 Å². The molecule has 0 aliphatic carbocycles. The van der Waals surface area contributed by atoms with Crippen LogP contribution in [0.5, 0.6) is 5.75 Å². The number of alkyl halides is 3. The summed E-state index contributed by atoms with van der Waals surface area (Å²) < 4.78 is 90.7. The average Bonchev–Trinajstić information content (AvgIpc) is 3.55. The van der Waals surface area contributed by atoms with Gasteiger partial charge in [0.05, 0.1) is 22.3 Å². The van der Waals surface area contributed by atoms with Crippen LogP contribution in [0.15, 0.2) is 66.7 Å². The van der Waals surface area contributed by atoms with Crippen LogP contribution in [0.4, 0.5) is 23.7 Å². The summed E-state index contributed by atoms with van der Waals surface area (Å²) in [5.41, 5.74) is -1.32. The molecule has 3 aromatic carbocycles. The van der Waals surface area contributed by atoms with Gasteiger partial charge in [0.1, 0.15) is 30.1 Å². The number of hydrogen-bond acceptors (Lipinski definition) is 9. The zero-order valence-corrected chi connectivity index (χ0v) is 38.2. The predicted octanol–water partition coefficient (Wildman–Crippen LogP) is 10.4. The molecule has 4 rings (SSSR count). The van der Waals surface area contributed by atoms with E-state index in [9.17, 15) is 31.5 Å². The summed E-state index contributed by atoms with van der Waals surface area (Å²) in [6.45, 7) is 16.9. The van der Waals surface area contributed by atoms with Crippen molar-refractivity contribution in [2.45, 2.75) is 110 Å². The molecule has 0 aliphatic heterocycles. The molecular weight excluding hydrogens is 841 g/mol. The molecule has 0 amide bonds. The molecule has 18 heteroatoms. The number of aromatic nitrogens is 2. The third-order valence-electron chi connectivity index (χ3n) is 9.65. The van der Waals surface area contributed by atoms with Gasteiger partial charge in [0, 0.05) is 31.1 Å². The molecule has 0 radical (unpaired) electrons. The molecule has 2 unspecified atom stereocenters. The first-order valence-electron chi connectivity index (χ1n) is 19.8. The monoisotopic (exact) mass is 896 g/mol. The Labute approximate surface area is 358 Å². The Balaban J connectivity index is 1.71. The van der Waals surface area contributed by atoms with E-state index < -0.39 is 67.4 Å². The number of anilines is 1. The number of ether oxygens (including phenoxy) is 3. The number of hydrogen-bond donors (Lipinski definition) is 1.